The van der Waals surface area contributed by atoms with E-state index in [0.29, 0.717) is 6.42 Å². The number of carbonyl (C=O) groups excluding carboxylic acids is 1. The predicted molar refractivity (Wildman–Crippen MR) is 74.5 cm³/mol. The van der Waals surface area contributed by atoms with Crippen molar-refractivity contribution in [3.8, 4) is 0 Å². The summed E-state index contributed by atoms with van der Waals surface area (Å²) in [6, 6.07) is 0.00909. The fourth-order valence-electron chi connectivity index (χ4n) is 2.38. The van der Waals surface area contributed by atoms with Crippen molar-refractivity contribution in [2.24, 2.45) is 5.92 Å². The lowest BCUT2D eigenvalue weighted by Crippen LogP contribution is -2.43. The van der Waals surface area contributed by atoms with Crippen LogP contribution in [0.15, 0.2) is 0 Å². The molecule has 0 heterocycles. The van der Waals surface area contributed by atoms with Crippen LogP contribution in [0.2, 0.25) is 0 Å². The third-order valence-electron chi connectivity index (χ3n) is 3.76. The summed E-state index contributed by atoms with van der Waals surface area (Å²) in [4.78, 5) is 11.9. The molecule has 0 spiro atoms. The average Bonchev–Trinajstić information content (AvgIpc) is 2.63. The number of sulfone groups is 1. The first-order chi connectivity index (χ1) is 8.67. The summed E-state index contributed by atoms with van der Waals surface area (Å²) < 4.78 is 23.0. The maximum atomic E-state index is 11.9. The summed E-state index contributed by atoms with van der Waals surface area (Å²) in [6.45, 7) is 4.90. The van der Waals surface area contributed by atoms with Gasteiger partial charge in [0, 0.05) is 12.6 Å². The molecule has 19 heavy (non-hydrogen) atoms. The largest absolute Gasteiger partial charge is 0.396 e. The monoisotopic (exact) mass is 291 g/mol. The second kappa shape index (κ2) is 6.22. The van der Waals surface area contributed by atoms with Crippen LogP contribution in [-0.2, 0) is 14.6 Å². The number of nitrogens with one attached hydrogen (secondary N) is 1. The standard InChI is InChI=1S/C13H25NO4S/c1-13(2,3)19(17,18)9-12(16)14-11-6-4-5-10(11)7-8-15/h10-11,15H,4-9H2,1-3H3,(H,14,16). The fraction of sp³-hybridized carbons (Fsp3) is 0.923. The first kappa shape index (κ1) is 16.4. The van der Waals surface area contributed by atoms with E-state index in [9.17, 15) is 13.2 Å². The molecule has 5 nitrogen and oxygen atoms in total. The molecular formula is C13H25NO4S. The molecule has 112 valence electrons. The van der Waals surface area contributed by atoms with Crippen LogP contribution in [0.25, 0.3) is 0 Å². The molecule has 2 unspecified atom stereocenters. The number of aliphatic hydroxyl groups excluding tert-OH is 1. The molecule has 1 amide bonds. The van der Waals surface area contributed by atoms with Crippen molar-refractivity contribution in [2.75, 3.05) is 12.4 Å². The Morgan fingerprint density at radius 3 is 2.47 bits per heavy atom. The lowest BCUT2D eigenvalue weighted by Gasteiger charge is -2.22. The number of hydrogen-bond acceptors (Lipinski definition) is 4. The van der Waals surface area contributed by atoms with Gasteiger partial charge < -0.3 is 10.4 Å². The molecule has 1 rings (SSSR count). The highest BCUT2D eigenvalue weighted by Crippen LogP contribution is 2.28. The molecule has 1 aliphatic carbocycles. The van der Waals surface area contributed by atoms with E-state index in [1.165, 1.54) is 0 Å². The zero-order valence-corrected chi connectivity index (χ0v) is 12.8. The fourth-order valence-corrected chi connectivity index (χ4v) is 3.24. The van der Waals surface area contributed by atoms with Crippen LogP contribution in [-0.4, -0.2) is 42.6 Å². The van der Waals surface area contributed by atoms with E-state index in [1.807, 2.05) is 0 Å². The molecule has 0 aliphatic heterocycles. The zero-order chi connectivity index (χ0) is 14.7. The molecule has 0 aromatic carbocycles. The Labute approximate surface area is 115 Å². The molecule has 1 fully saturated rings. The Morgan fingerprint density at radius 1 is 1.32 bits per heavy atom. The highest BCUT2D eigenvalue weighted by Gasteiger charge is 2.33. The van der Waals surface area contributed by atoms with Gasteiger partial charge in [0.05, 0.1) is 4.75 Å². The van der Waals surface area contributed by atoms with Gasteiger partial charge in [-0.25, -0.2) is 8.42 Å². The summed E-state index contributed by atoms with van der Waals surface area (Å²) in [5.74, 6) is -0.616. The molecule has 0 radical (unpaired) electrons. The van der Waals surface area contributed by atoms with E-state index in [0.717, 1.165) is 19.3 Å². The summed E-state index contributed by atoms with van der Waals surface area (Å²) in [5.41, 5.74) is 0. The maximum Gasteiger partial charge on any atom is 0.235 e. The van der Waals surface area contributed by atoms with E-state index in [2.05, 4.69) is 5.32 Å². The van der Waals surface area contributed by atoms with Gasteiger partial charge in [0.1, 0.15) is 5.75 Å². The van der Waals surface area contributed by atoms with Crippen LogP contribution < -0.4 is 5.32 Å². The zero-order valence-electron chi connectivity index (χ0n) is 12.0. The molecule has 0 aromatic heterocycles. The molecular weight excluding hydrogens is 266 g/mol. The van der Waals surface area contributed by atoms with E-state index in [1.54, 1.807) is 20.8 Å². The molecule has 0 aromatic rings. The van der Waals surface area contributed by atoms with E-state index < -0.39 is 26.2 Å². The van der Waals surface area contributed by atoms with E-state index >= 15 is 0 Å². The Kier molecular flexibility index (Phi) is 5.38. The first-order valence-corrected chi connectivity index (χ1v) is 8.45. The average molecular weight is 291 g/mol. The van der Waals surface area contributed by atoms with Gasteiger partial charge >= 0.3 is 0 Å². The first-order valence-electron chi connectivity index (χ1n) is 6.80. The minimum absolute atomic E-state index is 0.00909. The molecule has 0 saturated heterocycles. The van der Waals surface area contributed by atoms with Gasteiger partial charge in [-0.05, 0) is 46.0 Å². The molecule has 0 bridgehead atoms. The quantitative estimate of drug-likeness (QED) is 0.787. The number of amides is 1. The summed E-state index contributed by atoms with van der Waals surface area (Å²) in [6.07, 6.45) is 3.53. The summed E-state index contributed by atoms with van der Waals surface area (Å²) in [7, 11) is -3.43. The van der Waals surface area contributed by atoms with Crippen LogP contribution in [0.1, 0.15) is 46.5 Å². The number of hydrogen-bond donors (Lipinski definition) is 2. The second-order valence-electron chi connectivity index (χ2n) is 6.25. The number of aliphatic hydroxyl groups is 1. The molecule has 2 atom stereocenters. The van der Waals surface area contributed by atoms with Gasteiger partial charge in [0.15, 0.2) is 9.84 Å². The van der Waals surface area contributed by atoms with Crippen LogP contribution in [0.3, 0.4) is 0 Å². The van der Waals surface area contributed by atoms with Gasteiger partial charge in [0.25, 0.3) is 0 Å². The Hall–Kier alpha value is -0.620. The van der Waals surface area contributed by atoms with Crippen molar-refractivity contribution < 1.29 is 18.3 Å². The van der Waals surface area contributed by atoms with Crippen molar-refractivity contribution in [1.29, 1.82) is 0 Å². The summed E-state index contributed by atoms with van der Waals surface area (Å²) >= 11 is 0. The smallest absolute Gasteiger partial charge is 0.235 e. The van der Waals surface area contributed by atoms with E-state index in [4.69, 9.17) is 5.11 Å². The Balaban J connectivity index is 2.57. The van der Waals surface area contributed by atoms with Crippen molar-refractivity contribution in [2.45, 2.75) is 57.2 Å². The molecule has 6 heteroatoms. The predicted octanol–water partition coefficient (Wildman–Crippen LogP) is 0.867. The van der Waals surface area contributed by atoms with Crippen LogP contribution >= 0.6 is 0 Å². The minimum atomic E-state index is -3.43. The lowest BCUT2D eigenvalue weighted by molar-refractivity contribution is -0.119. The molecule has 1 saturated carbocycles. The van der Waals surface area contributed by atoms with Crippen molar-refractivity contribution in [1.82, 2.24) is 5.32 Å². The van der Waals surface area contributed by atoms with Gasteiger partial charge in [-0.2, -0.15) is 0 Å². The van der Waals surface area contributed by atoms with E-state index in [-0.39, 0.29) is 18.6 Å². The SMILES string of the molecule is CC(C)(C)S(=O)(=O)CC(=O)NC1CCCC1CCO. The highest BCUT2D eigenvalue weighted by molar-refractivity contribution is 7.93. The van der Waals surface area contributed by atoms with Gasteiger partial charge in [-0.1, -0.05) is 6.42 Å². The highest BCUT2D eigenvalue weighted by atomic mass is 32.2. The molecule has 2 N–H and O–H groups in total. The summed E-state index contributed by atoms with van der Waals surface area (Å²) in [5, 5.41) is 11.8. The van der Waals surface area contributed by atoms with Gasteiger partial charge in [-0.15, -0.1) is 0 Å². The van der Waals surface area contributed by atoms with Crippen molar-refractivity contribution >= 4 is 15.7 Å². The Morgan fingerprint density at radius 2 is 1.95 bits per heavy atom. The van der Waals surface area contributed by atoms with Crippen molar-refractivity contribution in [3.63, 3.8) is 0 Å². The van der Waals surface area contributed by atoms with Crippen LogP contribution in [0.4, 0.5) is 0 Å². The van der Waals surface area contributed by atoms with Gasteiger partial charge in [-0.3, -0.25) is 4.79 Å². The second-order valence-corrected chi connectivity index (χ2v) is 8.99. The molecule has 1 aliphatic rings. The van der Waals surface area contributed by atoms with Crippen LogP contribution in [0, 0.1) is 5.92 Å². The topological polar surface area (TPSA) is 83.5 Å². The Bertz CT molecular complexity index is 411. The third-order valence-corrected chi connectivity index (χ3v) is 6.27. The normalized spacial score (nSPS) is 24.4. The van der Waals surface area contributed by atoms with Gasteiger partial charge in [0.2, 0.25) is 5.91 Å². The third kappa shape index (κ3) is 4.45. The maximum absolute atomic E-state index is 11.9. The minimum Gasteiger partial charge on any atom is -0.396 e. The van der Waals surface area contributed by atoms with Crippen LogP contribution in [0.5, 0.6) is 0 Å². The van der Waals surface area contributed by atoms with Crippen molar-refractivity contribution in [3.05, 3.63) is 0 Å². The lowest BCUT2D eigenvalue weighted by atomic mass is 10.0. The number of rotatable bonds is 5. The number of carbonyl (C=O) groups is 1.